The smallest absolute Gasteiger partial charge is 0.0715 e. The molecule has 0 unspecified atom stereocenters. The third-order valence-electron chi connectivity index (χ3n) is 7.46. The Morgan fingerprint density at radius 2 is 0.500 bits per heavy atom. The van der Waals surface area contributed by atoms with Gasteiger partial charge in [0.25, 0.3) is 0 Å². The summed E-state index contributed by atoms with van der Waals surface area (Å²) in [7, 11) is 0. The van der Waals surface area contributed by atoms with Gasteiger partial charge in [-0.15, -0.1) is 0 Å². The molecule has 0 saturated carbocycles. The molecular weight excluding hydrogens is 508 g/mol. The number of aromatic nitrogens is 2. The maximum Gasteiger partial charge on any atom is 0.0715 e. The maximum absolute atomic E-state index is 5.14. The summed E-state index contributed by atoms with van der Waals surface area (Å²) < 4.78 is 0. The standard InChI is InChI=1S/C40H28N2/c1-5-14-29(15-6-1)35-25-37(31-18-9-3-10-19-31)41-39(27-35)33-22-13-23-34(24-33)40-28-36(30-16-7-2-8-17-30)26-38(42-40)32-20-11-4-12-21-32/h1-28H. The zero-order valence-electron chi connectivity index (χ0n) is 23.1. The van der Waals surface area contributed by atoms with Crippen molar-refractivity contribution in [1.29, 1.82) is 0 Å². The Labute approximate surface area is 246 Å². The van der Waals surface area contributed by atoms with E-state index >= 15 is 0 Å². The van der Waals surface area contributed by atoms with Crippen molar-refractivity contribution in [2.24, 2.45) is 0 Å². The van der Waals surface area contributed by atoms with E-state index in [1.165, 1.54) is 11.1 Å². The van der Waals surface area contributed by atoms with Crippen LogP contribution < -0.4 is 0 Å². The molecule has 7 aromatic rings. The van der Waals surface area contributed by atoms with Gasteiger partial charge in [-0.1, -0.05) is 140 Å². The lowest BCUT2D eigenvalue weighted by atomic mass is 9.97. The van der Waals surface area contributed by atoms with Crippen molar-refractivity contribution in [2.75, 3.05) is 0 Å². The second-order valence-corrected chi connectivity index (χ2v) is 10.3. The predicted molar refractivity (Wildman–Crippen MR) is 175 cm³/mol. The van der Waals surface area contributed by atoms with Gasteiger partial charge in [-0.05, 0) is 52.6 Å². The molecule has 0 aliphatic carbocycles. The Morgan fingerprint density at radius 1 is 0.214 bits per heavy atom. The number of benzene rings is 5. The highest BCUT2D eigenvalue weighted by Gasteiger charge is 2.12. The molecule has 5 aromatic carbocycles. The molecule has 0 amide bonds. The zero-order valence-corrected chi connectivity index (χ0v) is 23.1. The SMILES string of the molecule is c1ccc(-c2cc(-c3ccccc3)nc(-c3cccc(-c4cc(-c5ccccc5)cc(-c5ccccc5)n4)c3)c2)cc1. The molecule has 0 N–H and O–H groups in total. The third kappa shape index (κ3) is 5.39. The molecule has 198 valence electrons. The molecule has 0 saturated heterocycles. The van der Waals surface area contributed by atoms with Gasteiger partial charge in [-0.2, -0.15) is 0 Å². The lowest BCUT2D eigenvalue weighted by molar-refractivity contribution is 1.31. The van der Waals surface area contributed by atoms with E-state index in [-0.39, 0.29) is 0 Å². The van der Waals surface area contributed by atoms with Crippen LogP contribution in [0.15, 0.2) is 170 Å². The fraction of sp³-hybridized carbons (Fsp3) is 0. The van der Waals surface area contributed by atoms with Crippen LogP contribution in [-0.2, 0) is 0 Å². The molecule has 0 atom stereocenters. The van der Waals surface area contributed by atoms with Crippen LogP contribution >= 0.6 is 0 Å². The van der Waals surface area contributed by atoms with Crippen LogP contribution in [0.4, 0.5) is 0 Å². The van der Waals surface area contributed by atoms with Gasteiger partial charge in [0, 0.05) is 22.3 Å². The largest absolute Gasteiger partial charge is 0.248 e. The van der Waals surface area contributed by atoms with Crippen molar-refractivity contribution in [2.45, 2.75) is 0 Å². The Kier molecular flexibility index (Phi) is 6.94. The Morgan fingerprint density at radius 3 is 0.857 bits per heavy atom. The molecule has 2 heteroatoms. The summed E-state index contributed by atoms with van der Waals surface area (Å²) in [4.78, 5) is 10.3. The molecule has 0 fully saturated rings. The highest BCUT2D eigenvalue weighted by Crippen LogP contribution is 2.34. The fourth-order valence-electron chi connectivity index (χ4n) is 5.30. The first-order chi connectivity index (χ1) is 20.8. The van der Waals surface area contributed by atoms with Crippen LogP contribution in [0.5, 0.6) is 0 Å². The molecule has 2 aromatic heterocycles. The molecule has 42 heavy (non-hydrogen) atoms. The fourth-order valence-corrected chi connectivity index (χ4v) is 5.30. The first-order valence-electron chi connectivity index (χ1n) is 14.2. The summed E-state index contributed by atoms with van der Waals surface area (Å²) in [5, 5.41) is 0. The minimum Gasteiger partial charge on any atom is -0.248 e. The number of pyridine rings is 2. The van der Waals surface area contributed by atoms with Gasteiger partial charge in [0.15, 0.2) is 0 Å². The van der Waals surface area contributed by atoms with Crippen LogP contribution in [-0.4, -0.2) is 9.97 Å². The average Bonchev–Trinajstić information content (AvgIpc) is 3.09. The summed E-state index contributed by atoms with van der Waals surface area (Å²) in [5.41, 5.74) is 12.7. The van der Waals surface area contributed by atoms with Gasteiger partial charge < -0.3 is 0 Å². The minimum absolute atomic E-state index is 0.930. The first-order valence-corrected chi connectivity index (χ1v) is 14.2. The summed E-state index contributed by atoms with van der Waals surface area (Å²) >= 11 is 0. The van der Waals surface area contributed by atoms with E-state index in [2.05, 4.69) is 146 Å². The average molecular weight is 537 g/mol. The maximum atomic E-state index is 5.14. The van der Waals surface area contributed by atoms with Crippen LogP contribution in [0.1, 0.15) is 0 Å². The predicted octanol–water partition coefficient (Wildman–Crippen LogP) is 10.5. The molecule has 0 spiro atoms. The lowest BCUT2D eigenvalue weighted by Crippen LogP contribution is -1.93. The lowest BCUT2D eigenvalue weighted by Gasteiger charge is -2.13. The molecule has 0 radical (unpaired) electrons. The van der Waals surface area contributed by atoms with Crippen LogP contribution in [0.2, 0.25) is 0 Å². The van der Waals surface area contributed by atoms with E-state index < -0.39 is 0 Å². The molecule has 2 nitrogen and oxygen atoms in total. The summed E-state index contributed by atoms with van der Waals surface area (Å²) in [6.45, 7) is 0. The summed E-state index contributed by atoms with van der Waals surface area (Å²) in [6.07, 6.45) is 0. The Bertz CT molecular complexity index is 1690. The molecule has 0 bridgehead atoms. The third-order valence-corrected chi connectivity index (χ3v) is 7.46. The van der Waals surface area contributed by atoms with Gasteiger partial charge >= 0.3 is 0 Å². The number of nitrogens with zero attached hydrogens (tertiary/aromatic N) is 2. The number of rotatable bonds is 6. The topological polar surface area (TPSA) is 25.8 Å². The highest BCUT2D eigenvalue weighted by atomic mass is 14.7. The zero-order chi connectivity index (χ0) is 28.1. The van der Waals surface area contributed by atoms with Gasteiger partial charge in [-0.3, -0.25) is 0 Å². The van der Waals surface area contributed by atoms with Gasteiger partial charge in [0.05, 0.1) is 22.8 Å². The van der Waals surface area contributed by atoms with Crippen molar-refractivity contribution in [3.63, 3.8) is 0 Å². The Balaban J connectivity index is 1.37. The second-order valence-electron chi connectivity index (χ2n) is 10.3. The van der Waals surface area contributed by atoms with Crippen LogP contribution in [0.25, 0.3) is 67.3 Å². The van der Waals surface area contributed by atoms with Crippen molar-refractivity contribution < 1.29 is 0 Å². The van der Waals surface area contributed by atoms with E-state index in [0.29, 0.717) is 0 Å². The van der Waals surface area contributed by atoms with Crippen molar-refractivity contribution in [3.05, 3.63) is 170 Å². The normalized spacial score (nSPS) is 10.9. The molecule has 7 rings (SSSR count). The van der Waals surface area contributed by atoms with Crippen molar-refractivity contribution in [3.8, 4) is 67.3 Å². The molecule has 0 aliphatic rings. The van der Waals surface area contributed by atoms with E-state index in [4.69, 9.17) is 9.97 Å². The van der Waals surface area contributed by atoms with E-state index in [9.17, 15) is 0 Å². The highest BCUT2D eigenvalue weighted by molar-refractivity contribution is 5.80. The van der Waals surface area contributed by atoms with E-state index in [1.807, 2.05) is 24.3 Å². The first kappa shape index (κ1) is 25.4. The van der Waals surface area contributed by atoms with Gasteiger partial charge in [-0.25, -0.2) is 9.97 Å². The monoisotopic (exact) mass is 536 g/mol. The van der Waals surface area contributed by atoms with Crippen LogP contribution in [0.3, 0.4) is 0 Å². The molecule has 0 aliphatic heterocycles. The molecule has 2 heterocycles. The van der Waals surface area contributed by atoms with E-state index in [1.54, 1.807) is 0 Å². The second kappa shape index (κ2) is 11.5. The number of hydrogen-bond donors (Lipinski definition) is 0. The quantitative estimate of drug-likeness (QED) is 0.211. The van der Waals surface area contributed by atoms with Gasteiger partial charge in [0.2, 0.25) is 0 Å². The van der Waals surface area contributed by atoms with Crippen molar-refractivity contribution in [1.82, 2.24) is 9.97 Å². The number of hydrogen-bond acceptors (Lipinski definition) is 2. The Hall–Kier alpha value is -5.60. The van der Waals surface area contributed by atoms with Gasteiger partial charge in [0.1, 0.15) is 0 Å². The summed E-state index contributed by atoms with van der Waals surface area (Å²) in [5.74, 6) is 0. The minimum atomic E-state index is 0.930. The molecular formula is C40H28N2. The summed E-state index contributed by atoms with van der Waals surface area (Å²) in [6, 6.07) is 59.0. The van der Waals surface area contributed by atoms with Crippen molar-refractivity contribution >= 4 is 0 Å². The van der Waals surface area contributed by atoms with Crippen LogP contribution in [0, 0.1) is 0 Å². The van der Waals surface area contributed by atoms with E-state index in [0.717, 1.165) is 56.2 Å².